The van der Waals surface area contributed by atoms with E-state index >= 15 is 0 Å². The maximum atomic E-state index is 5.37. The van der Waals surface area contributed by atoms with Gasteiger partial charge in [0, 0.05) is 39.3 Å². The zero-order valence-electron chi connectivity index (χ0n) is 12.4. The molecule has 5 nitrogen and oxygen atoms in total. The summed E-state index contributed by atoms with van der Waals surface area (Å²) in [4.78, 5) is 2.46. The van der Waals surface area contributed by atoms with Gasteiger partial charge in [0.15, 0.2) is 0 Å². The second-order valence-corrected chi connectivity index (χ2v) is 5.30. The lowest BCUT2D eigenvalue weighted by Crippen LogP contribution is -2.44. The molecule has 1 aliphatic heterocycles. The number of hydrogen-bond donors (Lipinski definition) is 1. The van der Waals surface area contributed by atoms with E-state index in [4.69, 9.17) is 4.74 Å². The molecule has 0 spiro atoms. The van der Waals surface area contributed by atoms with E-state index in [0.717, 1.165) is 45.8 Å². The zero-order chi connectivity index (χ0) is 13.7. The van der Waals surface area contributed by atoms with Gasteiger partial charge in [0.1, 0.15) is 0 Å². The van der Waals surface area contributed by atoms with Gasteiger partial charge in [0.2, 0.25) is 0 Å². The van der Waals surface area contributed by atoms with Crippen LogP contribution in [0.4, 0.5) is 0 Å². The minimum absolute atomic E-state index is 0.484. The molecule has 1 N–H and O–H groups in total. The molecule has 0 aliphatic carbocycles. The van der Waals surface area contributed by atoms with Gasteiger partial charge in [-0.25, -0.2) is 0 Å². The van der Waals surface area contributed by atoms with Crippen LogP contribution in [0.5, 0.6) is 0 Å². The van der Waals surface area contributed by atoms with E-state index in [2.05, 4.69) is 35.2 Å². The normalized spacial score (nSPS) is 18.7. The van der Waals surface area contributed by atoms with Crippen LogP contribution in [-0.2, 0) is 24.8 Å². The van der Waals surface area contributed by atoms with Gasteiger partial charge < -0.3 is 10.1 Å². The zero-order valence-corrected chi connectivity index (χ0v) is 12.4. The smallest absolute Gasteiger partial charge is 0.0625 e. The van der Waals surface area contributed by atoms with Crippen LogP contribution >= 0.6 is 0 Å². The first-order valence-electron chi connectivity index (χ1n) is 7.24. The van der Waals surface area contributed by atoms with Gasteiger partial charge in [0.25, 0.3) is 0 Å². The number of nitrogens with one attached hydrogen (secondary N) is 1. The largest absolute Gasteiger partial charge is 0.379 e. The number of aromatic nitrogens is 2. The van der Waals surface area contributed by atoms with Gasteiger partial charge in [-0.1, -0.05) is 6.92 Å². The Morgan fingerprint density at radius 2 is 2.16 bits per heavy atom. The fraction of sp³-hybridized carbons (Fsp3) is 0.786. The minimum atomic E-state index is 0.484. The second kappa shape index (κ2) is 7.03. The second-order valence-electron chi connectivity index (χ2n) is 5.30. The third-order valence-corrected chi connectivity index (χ3v) is 3.66. The Morgan fingerprint density at radius 3 is 2.79 bits per heavy atom. The molecule has 1 atom stereocenters. The summed E-state index contributed by atoms with van der Waals surface area (Å²) in [7, 11) is 2.02. The molecule has 1 fully saturated rings. The molecule has 2 heterocycles. The standard InChI is InChI=1S/C14H26N4O/c1-4-13-9-14(17(3)16-13)10-15-12(2)11-18-5-7-19-8-6-18/h9,12,15H,4-8,10-11H2,1-3H3. The molecule has 0 amide bonds. The number of aryl methyl sites for hydroxylation is 2. The highest BCUT2D eigenvalue weighted by Crippen LogP contribution is 2.04. The summed E-state index contributed by atoms with van der Waals surface area (Å²) in [6.07, 6.45) is 0.997. The molecule has 0 aromatic carbocycles. The Labute approximate surface area is 115 Å². The van der Waals surface area contributed by atoms with Crippen LogP contribution in [0, 0.1) is 0 Å². The summed E-state index contributed by atoms with van der Waals surface area (Å²) >= 11 is 0. The summed E-state index contributed by atoms with van der Waals surface area (Å²) in [5, 5.41) is 8.05. The summed E-state index contributed by atoms with van der Waals surface area (Å²) in [5.74, 6) is 0. The number of rotatable bonds is 6. The Balaban J connectivity index is 1.75. The van der Waals surface area contributed by atoms with E-state index in [1.54, 1.807) is 0 Å². The average Bonchev–Trinajstić information content (AvgIpc) is 2.78. The highest BCUT2D eigenvalue weighted by Gasteiger charge is 2.13. The molecule has 1 saturated heterocycles. The lowest BCUT2D eigenvalue weighted by molar-refractivity contribution is 0.0343. The number of ether oxygens (including phenoxy) is 1. The molecule has 1 aliphatic rings. The van der Waals surface area contributed by atoms with E-state index in [1.165, 1.54) is 11.4 Å². The van der Waals surface area contributed by atoms with E-state index in [-0.39, 0.29) is 0 Å². The van der Waals surface area contributed by atoms with Crippen molar-refractivity contribution in [2.75, 3.05) is 32.8 Å². The van der Waals surface area contributed by atoms with Crippen molar-refractivity contribution in [2.45, 2.75) is 32.9 Å². The molecule has 108 valence electrons. The van der Waals surface area contributed by atoms with Crippen molar-refractivity contribution in [2.24, 2.45) is 7.05 Å². The topological polar surface area (TPSA) is 42.3 Å². The molecule has 1 aromatic rings. The SMILES string of the molecule is CCc1cc(CNC(C)CN2CCOCC2)n(C)n1. The van der Waals surface area contributed by atoms with Gasteiger partial charge in [-0.3, -0.25) is 9.58 Å². The lowest BCUT2D eigenvalue weighted by atomic mass is 10.2. The van der Waals surface area contributed by atoms with Crippen molar-refractivity contribution < 1.29 is 4.74 Å². The predicted molar refractivity (Wildman–Crippen MR) is 76.1 cm³/mol. The van der Waals surface area contributed by atoms with E-state index in [0.29, 0.717) is 6.04 Å². The Hall–Kier alpha value is -0.910. The molecule has 1 unspecified atom stereocenters. The number of morpholine rings is 1. The van der Waals surface area contributed by atoms with Crippen LogP contribution < -0.4 is 5.32 Å². The van der Waals surface area contributed by atoms with Gasteiger partial charge in [-0.2, -0.15) is 5.10 Å². The summed E-state index contributed by atoms with van der Waals surface area (Å²) < 4.78 is 7.35. The fourth-order valence-electron chi connectivity index (χ4n) is 2.42. The van der Waals surface area contributed by atoms with Crippen LogP contribution in [0.2, 0.25) is 0 Å². The number of hydrogen-bond acceptors (Lipinski definition) is 4. The van der Waals surface area contributed by atoms with Crippen molar-refractivity contribution in [1.29, 1.82) is 0 Å². The molecule has 19 heavy (non-hydrogen) atoms. The molecule has 0 radical (unpaired) electrons. The van der Waals surface area contributed by atoms with Crippen LogP contribution in [0.1, 0.15) is 25.2 Å². The van der Waals surface area contributed by atoms with Gasteiger partial charge in [-0.05, 0) is 19.4 Å². The van der Waals surface area contributed by atoms with Crippen LogP contribution in [0.25, 0.3) is 0 Å². The Bertz CT molecular complexity index is 385. The molecular weight excluding hydrogens is 240 g/mol. The van der Waals surface area contributed by atoms with Crippen molar-refractivity contribution in [3.05, 3.63) is 17.5 Å². The summed E-state index contributed by atoms with van der Waals surface area (Å²) in [5.41, 5.74) is 2.42. The summed E-state index contributed by atoms with van der Waals surface area (Å²) in [6.45, 7) is 10.2. The van der Waals surface area contributed by atoms with E-state index in [1.807, 2.05) is 11.7 Å². The molecule has 5 heteroatoms. The van der Waals surface area contributed by atoms with Crippen LogP contribution in [-0.4, -0.2) is 53.6 Å². The molecule has 0 saturated carbocycles. The van der Waals surface area contributed by atoms with Gasteiger partial charge in [0.05, 0.1) is 24.6 Å². The molecule has 2 rings (SSSR count). The van der Waals surface area contributed by atoms with Crippen molar-refractivity contribution >= 4 is 0 Å². The first-order chi connectivity index (χ1) is 9.19. The maximum Gasteiger partial charge on any atom is 0.0625 e. The molecule has 0 bridgehead atoms. The average molecular weight is 266 g/mol. The van der Waals surface area contributed by atoms with E-state index in [9.17, 15) is 0 Å². The van der Waals surface area contributed by atoms with Crippen molar-refractivity contribution in [3.63, 3.8) is 0 Å². The fourth-order valence-corrected chi connectivity index (χ4v) is 2.42. The Kier molecular flexibility index (Phi) is 5.36. The highest BCUT2D eigenvalue weighted by molar-refractivity contribution is 5.10. The predicted octanol–water partition coefficient (Wildman–Crippen LogP) is 0.793. The van der Waals surface area contributed by atoms with Crippen LogP contribution in [0.3, 0.4) is 0 Å². The first kappa shape index (κ1) is 14.5. The van der Waals surface area contributed by atoms with E-state index < -0.39 is 0 Å². The quantitative estimate of drug-likeness (QED) is 0.827. The minimum Gasteiger partial charge on any atom is -0.379 e. The van der Waals surface area contributed by atoms with Gasteiger partial charge in [-0.15, -0.1) is 0 Å². The van der Waals surface area contributed by atoms with Crippen LogP contribution in [0.15, 0.2) is 6.07 Å². The van der Waals surface area contributed by atoms with Crippen molar-refractivity contribution in [1.82, 2.24) is 20.0 Å². The Morgan fingerprint density at radius 1 is 1.42 bits per heavy atom. The first-order valence-corrected chi connectivity index (χ1v) is 7.24. The highest BCUT2D eigenvalue weighted by atomic mass is 16.5. The third-order valence-electron chi connectivity index (χ3n) is 3.66. The monoisotopic (exact) mass is 266 g/mol. The molecule has 1 aromatic heterocycles. The number of nitrogens with zero attached hydrogens (tertiary/aromatic N) is 3. The third kappa shape index (κ3) is 4.30. The maximum absolute atomic E-state index is 5.37. The lowest BCUT2D eigenvalue weighted by Gasteiger charge is -2.29. The summed E-state index contributed by atoms with van der Waals surface area (Å²) in [6, 6.07) is 2.67. The molecular formula is C14H26N4O. The van der Waals surface area contributed by atoms with Gasteiger partial charge >= 0.3 is 0 Å². The van der Waals surface area contributed by atoms with Crippen molar-refractivity contribution in [3.8, 4) is 0 Å².